The number of rotatable bonds is 3. The molecule has 0 saturated carbocycles. The number of carboxylic acid groups (broad SMARTS) is 1. The number of hydrogen-bond acceptors (Lipinski definition) is 3. The molecule has 0 N–H and O–H groups in total. The van der Waals surface area contributed by atoms with Gasteiger partial charge in [-0.15, -0.1) is 0 Å². The van der Waals surface area contributed by atoms with Crippen molar-refractivity contribution in [3.05, 3.63) is 0 Å². The molecule has 0 aromatic rings. The summed E-state index contributed by atoms with van der Waals surface area (Å²) in [6.45, 7) is 7.17. The van der Waals surface area contributed by atoms with Gasteiger partial charge in [0.1, 0.15) is 6.54 Å². The van der Waals surface area contributed by atoms with Gasteiger partial charge < -0.3 is 9.90 Å². The lowest BCUT2D eigenvalue weighted by molar-refractivity contribution is -0.868. The number of amides is 1. The number of carbonyl (C=O) groups excluding carboxylic acids is 2. The van der Waals surface area contributed by atoms with Crippen LogP contribution in [0.15, 0.2) is 0 Å². The molecular weight excluding hydrogens is 230 g/mol. The second kappa shape index (κ2) is 5.83. The first-order valence-electron chi connectivity index (χ1n) is 6.85. The van der Waals surface area contributed by atoms with E-state index in [4.69, 9.17) is 0 Å². The Labute approximate surface area is 110 Å². The van der Waals surface area contributed by atoms with Crippen molar-refractivity contribution in [3.63, 3.8) is 0 Å². The summed E-state index contributed by atoms with van der Waals surface area (Å²) in [7, 11) is 0. The van der Waals surface area contributed by atoms with E-state index in [0.29, 0.717) is 19.5 Å². The summed E-state index contributed by atoms with van der Waals surface area (Å²) in [5.41, 5.74) is -0.0845. The predicted octanol–water partition coefficient (Wildman–Crippen LogP) is 1.73. The van der Waals surface area contributed by atoms with Gasteiger partial charge in [-0.05, 0) is 31.1 Å². The van der Waals surface area contributed by atoms with Gasteiger partial charge in [0.25, 0.3) is 6.09 Å². The van der Waals surface area contributed by atoms with E-state index in [1.54, 1.807) is 0 Å². The standard InChI is InChI=1S/C14H25NO3/c1-14(2,3)10-12(16)11-15(13(17)18)8-6-4-5-7-9-15/h4-11H2,1-3H3. The normalized spacial score (nSPS) is 20.2. The topological polar surface area (TPSA) is 57.2 Å². The quantitative estimate of drug-likeness (QED) is 0.722. The third-order valence-electron chi connectivity index (χ3n) is 3.52. The summed E-state index contributed by atoms with van der Waals surface area (Å²) in [6, 6.07) is 0. The van der Waals surface area contributed by atoms with Gasteiger partial charge in [-0.1, -0.05) is 20.8 Å². The van der Waals surface area contributed by atoms with E-state index in [1.165, 1.54) is 0 Å². The largest absolute Gasteiger partial charge is 0.498 e. The second-order valence-corrected chi connectivity index (χ2v) is 6.71. The predicted molar refractivity (Wildman–Crippen MR) is 67.8 cm³/mol. The van der Waals surface area contributed by atoms with E-state index in [1.807, 2.05) is 20.8 Å². The summed E-state index contributed by atoms with van der Waals surface area (Å²) < 4.78 is -0.158. The number of Topliss-reactive ketones (excluding diaryl/α,β-unsaturated/α-hetero) is 1. The van der Waals surface area contributed by atoms with Gasteiger partial charge in [0.2, 0.25) is 0 Å². The van der Waals surface area contributed by atoms with Gasteiger partial charge in [0.15, 0.2) is 5.78 Å². The van der Waals surface area contributed by atoms with Crippen LogP contribution in [0.25, 0.3) is 0 Å². The lowest BCUT2D eigenvalue weighted by Crippen LogP contribution is -2.61. The summed E-state index contributed by atoms with van der Waals surface area (Å²) in [4.78, 5) is 23.5. The molecule has 0 bridgehead atoms. The van der Waals surface area contributed by atoms with Crippen molar-refractivity contribution in [3.8, 4) is 0 Å². The Balaban J connectivity index is 2.73. The smallest absolute Gasteiger partial charge is 0.257 e. The molecule has 0 spiro atoms. The average Bonchev–Trinajstić information content (AvgIpc) is 2.41. The molecule has 4 heteroatoms. The minimum absolute atomic E-state index is 0.0357. The lowest BCUT2D eigenvalue weighted by Gasteiger charge is -2.36. The van der Waals surface area contributed by atoms with Crippen molar-refractivity contribution in [2.75, 3.05) is 19.6 Å². The maximum atomic E-state index is 12.0. The van der Waals surface area contributed by atoms with Gasteiger partial charge in [0, 0.05) is 6.42 Å². The molecule has 0 unspecified atom stereocenters. The number of likely N-dealkylation sites (tertiary alicyclic amines) is 1. The fourth-order valence-electron chi connectivity index (χ4n) is 2.68. The number of ketones is 1. The van der Waals surface area contributed by atoms with Crippen LogP contribution in [-0.2, 0) is 4.79 Å². The molecule has 4 nitrogen and oxygen atoms in total. The van der Waals surface area contributed by atoms with Crippen molar-refractivity contribution in [2.24, 2.45) is 5.41 Å². The number of quaternary nitrogens is 1. The van der Waals surface area contributed by atoms with Crippen LogP contribution in [-0.4, -0.2) is 36.0 Å². The van der Waals surface area contributed by atoms with Crippen molar-refractivity contribution in [2.45, 2.75) is 52.9 Å². The van der Waals surface area contributed by atoms with Crippen LogP contribution in [0.4, 0.5) is 4.79 Å². The van der Waals surface area contributed by atoms with Gasteiger partial charge >= 0.3 is 0 Å². The number of nitrogens with zero attached hydrogens (tertiary/aromatic N) is 1. The van der Waals surface area contributed by atoms with Crippen LogP contribution in [0.1, 0.15) is 52.9 Å². The van der Waals surface area contributed by atoms with Crippen LogP contribution in [0.2, 0.25) is 0 Å². The molecule has 18 heavy (non-hydrogen) atoms. The van der Waals surface area contributed by atoms with E-state index >= 15 is 0 Å². The second-order valence-electron chi connectivity index (χ2n) is 6.71. The van der Waals surface area contributed by atoms with Crippen molar-refractivity contribution in [1.29, 1.82) is 0 Å². The lowest BCUT2D eigenvalue weighted by atomic mass is 9.89. The fourth-order valence-corrected chi connectivity index (χ4v) is 2.68. The zero-order valence-electron chi connectivity index (χ0n) is 11.8. The van der Waals surface area contributed by atoms with Crippen molar-refractivity contribution < 1.29 is 19.2 Å². The first-order valence-corrected chi connectivity index (χ1v) is 6.85. The Kier molecular flexibility index (Phi) is 4.91. The summed E-state index contributed by atoms with van der Waals surface area (Å²) in [6.07, 6.45) is 3.20. The molecule has 0 aromatic heterocycles. The zero-order valence-corrected chi connectivity index (χ0v) is 11.8. The minimum Gasteiger partial charge on any atom is -0.498 e. The van der Waals surface area contributed by atoms with Crippen LogP contribution < -0.4 is 5.11 Å². The molecule has 0 aromatic carbocycles. The first-order chi connectivity index (χ1) is 8.25. The third-order valence-corrected chi connectivity index (χ3v) is 3.52. The Morgan fingerprint density at radius 3 is 1.94 bits per heavy atom. The first kappa shape index (κ1) is 15.2. The highest BCUT2D eigenvalue weighted by atomic mass is 16.4. The minimum atomic E-state index is -1.08. The molecule has 104 valence electrons. The van der Waals surface area contributed by atoms with Gasteiger partial charge in [0.05, 0.1) is 13.1 Å². The summed E-state index contributed by atoms with van der Waals surface area (Å²) >= 11 is 0. The van der Waals surface area contributed by atoms with Gasteiger partial charge in [-0.2, -0.15) is 0 Å². The van der Waals surface area contributed by atoms with Crippen LogP contribution in [0.5, 0.6) is 0 Å². The van der Waals surface area contributed by atoms with Crippen LogP contribution in [0.3, 0.4) is 0 Å². The maximum Gasteiger partial charge on any atom is 0.257 e. The molecule has 1 aliphatic heterocycles. The van der Waals surface area contributed by atoms with Gasteiger partial charge in [-0.25, -0.2) is 0 Å². The summed E-state index contributed by atoms with van der Waals surface area (Å²) in [5.74, 6) is 0.0357. The summed E-state index contributed by atoms with van der Waals surface area (Å²) in [5, 5.41) is 11.4. The van der Waals surface area contributed by atoms with Gasteiger partial charge in [-0.3, -0.25) is 9.28 Å². The number of carbonyl (C=O) groups is 2. The Bertz CT molecular complexity index is 309. The van der Waals surface area contributed by atoms with E-state index in [2.05, 4.69) is 0 Å². The van der Waals surface area contributed by atoms with Crippen molar-refractivity contribution in [1.82, 2.24) is 0 Å². The Morgan fingerprint density at radius 2 is 1.56 bits per heavy atom. The highest BCUT2D eigenvalue weighted by molar-refractivity contribution is 5.81. The average molecular weight is 255 g/mol. The molecular formula is C14H25NO3. The highest BCUT2D eigenvalue weighted by Gasteiger charge is 2.34. The molecule has 0 radical (unpaired) electrons. The Hall–Kier alpha value is -0.900. The third kappa shape index (κ3) is 4.41. The molecule has 1 heterocycles. The molecule has 1 saturated heterocycles. The number of hydrogen-bond donors (Lipinski definition) is 0. The van der Waals surface area contributed by atoms with Crippen LogP contribution in [0, 0.1) is 5.41 Å². The zero-order chi connectivity index (χ0) is 13.8. The highest BCUT2D eigenvalue weighted by Crippen LogP contribution is 2.22. The van der Waals surface area contributed by atoms with E-state index < -0.39 is 6.09 Å². The molecule has 0 aliphatic carbocycles. The Morgan fingerprint density at radius 1 is 1.06 bits per heavy atom. The van der Waals surface area contributed by atoms with E-state index in [0.717, 1.165) is 25.7 Å². The molecule has 1 rings (SSSR count). The van der Waals surface area contributed by atoms with Crippen molar-refractivity contribution >= 4 is 11.9 Å². The SMILES string of the molecule is CC(C)(C)CC(=O)C[N+]1(C(=O)[O-])CCCCCC1. The fraction of sp³-hybridized carbons (Fsp3) is 0.857. The monoisotopic (exact) mass is 255 g/mol. The molecule has 1 aliphatic rings. The van der Waals surface area contributed by atoms with E-state index in [-0.39, 0.29) is 22.2 Å². The van der Waals surface area contributed by atoms with E-state index in [9.17, 15) is 14.7 Å². The molecule has 1 amide bonds. The molecule has 1 fully saturated rings. The molecule has 0 atom stereocenters. The maximum absolute atomic E-state index is 12.0. The van der Waals surface area contributed by atoms with Crippen LogP contribution >= 0.6 is 0 Å².